The summed E-state index contributed by atoms with van der Waals surface area (Å²) in [5.41, 5.74) is 0. The van der Waals surface area contributed by atoms with Gasteiger partial charge >= 0.3 is 72.8 Å². The Morgan fingerprint density at radius 1 is 0.375 bits per heavy atom. The van der Waals surface area contributed by atoms with Crippen LogP contribution < -0.4 is 0 Å². The average molecular weight is 442 g/mol. The van der Waals surface area contributed by atoms with E-state index >= 15 is 0 Å². The van der Waals surface area contributed by atoms with Gasteiger partial charge in [-0.3, -0.25) is 0 Å². The Balaban J connectivity index is 0. The second kappa shape index (κ2) is 125. The molecule has 0 amide bonds. The van der Waals surface area contributed by atoms with Crippen molar-refractivity contribution in [1.82, 2.24) is 0 Å². The molecule has 0 aromatic heterocycles. The zero-order valence-corrected chi connectivity index (χ0v) is 11.4. The molecule has 0 N–H and O–H groups in total. The van der Waals surface area contributed by atoms with Crippen molar-refractivity contribution in [3.8, 4) is 0 Å². The first kappa shape index (κ1) is 175. The second-order valence-corrected chi connectivity index (χ2v) is 0. The molecular formula is O5Sb2Sn. The van der Waals surface area contributed by atoms with Gasteiger partial charge in [-0.2, -0.15) is 0 Å². The molecule has 0 rings (SSSR count). The standard InChI is InChI=1S/5O.2Sb.Sn/q5*-2;2*+3;+4. The topological polar surface area (TPSA) is 142 Å². The molecule has 0 heterocycles. The molecule has 0 fully saturated rings. The third-order valence-electron chi connectivity index (χ3n) is 0. The van der Waals surface area contributed by atoms with Crippen molar-refractivity contribution in [2.75, 3.05) is 0 Å². The minimum atomic E-state index is 0. The van der Waals surface area contributed by atoms with E-state index < -0.39 is 0 Å². The van der Waals surface area contributed by atoms with Crippen molar-refractivity contribution in [2.24, 2.45) is 0 Å². The summed E-state index contributed by atoms with van der Waals surface area (Å²) >= 11 is 0. The molecular weight excluding hydrogens is 442 g/mol. The van der Waals surface area contributed by atoms with Crippen LogP contribution >= 0.6 is 0 Å². The molecule has 0 unspecified atom stereocenters. The number of hydrogen-bond donors (Lipinski definition) is 0. The van der Waals surface area contributed by atoms with Gasteiger partial charge in [-0.25, -0.2) is 0 Å². The van der Waals surface area contributed by atoms with E-state index in [1.165, 1.54) is 0 Å². The Bertz CT molecular complexity index is 10.4. The number of hydrogen-bond acceptors (Lipinski definition) is 0. The summed E-state index contributed by atoms with van der Waals surface area (Å²) in [6.45, 7) is 0. The fourth-order valence-electron chi connectivity index (χ4n) is 0. The maximum absolute atomic E-state index is 0. The minimum absolute atomic E-state index is 0. The van der Waals surface area contributed by atoms with Gasteiger partial charge in [0.2, 0.25) is 0 Å². The Morgan fingerprint density at radius 3 is 0.375 bits per heavy atom. The van der Waals surface area contributed by atoms with Gasteiger partial charge in [0.05, 0.1) is 0 Å². The van der Waals surface area contributed by atoms with Crippen molar-refractivity contribution in [1.29, 1.82) is 0 Å². The van der Waals surface area contributed by atoms with E-state index in [0.29, 0.717) is 0 Å². The zero-order valence-electron chi connectivity index (χ0n) is 3.44. The van der Waals surface area contributed by atoms with Gasteiger partial charge in [0.15, 0.2) is 0 Å². The van der Waals surface area contributed by atoms with E-state index in [-0.39, 0.29) is 100 Å². The van der Waals surface area contributed by atoms with Crippen LogP contribution in [0.2, 0.25) is 0 Å². The maximum atomic E-state index is 0. The molecule has 0 spiro atoms. The summed E-state index contributed by atoms with van der Waals surface area (Å²) in [5, 5.41) is 0. The predicted molar refractivity (Wildman–Crippen MR) is 20.7 cm³/mol. The van der Waals surface area contributed by atoms with Crippen LogP contribution in [0, 0.1) is 0 Å². The SMILES string of the molecule is [O-2].[O-2].[O-2].[O-2].[O-2].[Sb+3].[Sb+3].[Sn+4]. The molecule has 0 aliphatic carbocycles. The van der Waals surface area contributed by atoms with E-state index in [4.69, 9.17) is 0 Å². The van der Waals surface area contributed by atoms with Gasteiger partial charge in [0, 0.05) is 0 Å². The van der Waals surface area contributed by atoms with Crippen molar-refractivity contribution in [3.63, 3.8) is 0 Å². The molecule has 0 aromatic carbocycles. The van der Waals surface area contributed by atoms with Crippen LogP contribution in [-0.2, 0) is 27.4 Å². The largest absolute Gasteiger partial charge is 4.00 e. The molecule has 4 radical (unpaired) electrons. The van der Waals surface area contributed by atoms with Gasteiger partial charge in [-0.1, -0.05) is 0 Å². The Hall–Kier alpha value is 2.24. The van der Waals surface area contributed by atoms with Crippen LogP contribution in [0.1, 0.15) is 0 Å². The molecule has 0 bridgehead atoms. The molecule has 0 aliphatic heterocycles. The van der Waals surface area contributed by atoms with E-state index in [1.54, 1.807) is 0 Å². The van der Waals surface area contributed by atoms with Crippen LogP contribution in [0.4, 0.5) is 0 Å². The smallest absolute Gasteiger partial charge is 2.00 e. The van der Waals surface area contributed by atoms with Gasteiger partial charge in [0.1, 0.15) is 0 Å². The van der Waals surface area contributed by atoms with Gasteiger partial charge in [0.25, 0.3) is 0 Å². The van der Waals surface area contributed by atoms with Crippen molar-refractivity contribution in [2.45, 2.75) is 0 Å². The van der Waals surface area contributed by atoms with E-state index in [9.17, 15) is 0 Å². The molecule has 5 nitrogen and oxygen atoms in total. The minimum Gasteiger partial charge on any atom is -2.00 e. The zero-order chi connectivity index (χ0) is 0. The number of rotatable bonds is 0. The molecule has 0 atom stereocenters. The van der Waals surface area contributed by atoms with E-state index in [0.717, 1.165) is 0 Å². The monoisotopic (exact) mass is 442 g/mol. The molecule has 44 valence electrons. The fourth-order valence-corrected chi connectivity index (χ4v) is 0. The van der Waals surface area contributed by atoms with Crippen LogP contribution in [0.5, 0.6) is 0 Å². The molecule has 8 heavy (non-hydrogen) atoms. The Kier molecular flexibility index (Phi) is 2740. The van der Waals surface area contributed by atoms with Gasteiger partial charge in [-0.15, -0.1) is 0 Å². The average Bonchev–Trinajstić information content (AvgIpc) is 0. The van der Waals surface area contributed by atoms with Gasteiger partial charge < -0.3 is 27.4 Å². The summed E-state index contributed by atoms with van der Waals surface area (Å²) in [7, 11) is 0. The summed E-state index contributed by atoms with van der Waals surface area (Å²) in [6.07, 6.45) is 0. The Morgan fingerprint density at radius 2 is 0.375 bits per heavy atom. The summed E-state index contributed by atoms with van der Waals surface area (Å²) in [5.74, 6) is 0. The quantitative estimate of drug-likeness (QED) is 0.393. The second-order valence-electron chi connectivity index (χ2n) is 0. The normalized spacial score (nSPS) is 0. The molecule has 0 aromatic rings. The third-order valence-corrected chi connectivity index (χ3v) is 0. The first-order chi connectivity index (χ1) is 0. The van der Waals surface area contributed by atoms with Crippen molar-refractivity contribution in [3.05, 3.63) is 0 Å². The summed E-state index contributed by atoms with van der Waals surface area (Å²) in [4.78, 5) is 0. The van der Waals surface area contributed by atoms with Gasteiger partial charge in [-0.05, 0) is 0 Å². The third kappa shape index (κ3) is 86.3. The first-order valence-electron chi connectivity index (χ1n) is 0. The molecule has 0 saturated carbocycles. The van der Waals surface area contributed by atoms with Crippen LogP contribution in [0.15, 0.2) is 0 Å². The Labute approximate surface area is 99.0 Å². The summed E-state index contributed by atoms with van der Waals surface area (Å²) < 4.78 is 0. The van der Waals surface area contributed by atoms with E-state index in [1.807, 2.05) is 0 Å². The van der Waals surface area contributed by atoms with E-state index in [2.05, 4.69) is 0 Å². The van der Waals surface area contributed by atoms with Crippen molar-refractivity contribution >= 4 is 72.8 Å². The molecule has 0 aliphatic rings. The molecule has 0 saturated heterocycles. The first-order valence-corrected chi connectivity index (χ1v) is 0. The summed E-state index contributed by atoms with van der Waals surface area (Å²) in [6, 6.07) is 0. The maximum Gasteiger partial charge on any atom is 4.00 e. The molecule has 8 heteroatoms. The van der Waals surface area contributed by atoms with Crippen LogP contribution in [0.3, 0.4) is 0 Å². The van der Waals surface area contributed by atoms with Crippen LogP contribution in [0.25, 0.3) is 0 Å². The predicted octanol–water partition coefficient (Wildman–Crippen LogP) is -1.74. The van der Waals surface area contributed by atoms with Crippen LogP contribution in [-0.4, -0.2) is 72.8 Å². The fraction of sp³-hybridized carbons (Fsp3) is 0. The van der Waals surface area contributed by atoms with Crippen molar-refractivity contribution < 1.29 is 27.4 Å².